The van der Waals surface area contributed by atoms with Gasteiger partial charge >= 0.3 is 0 Å². The van der Waals surface area contributed by atoms with Gasteiger partial charge in [0.15, 0.2) is 11.5 Å². The number of rotatable bonds is 14. The molecule has 9 nitrogen and oxygen atoms in total. The molecule has 49 heavy (non-hydrogen) atoms. The van der Waals surface area contributed by atoms with Crippen LogP contribution in [0.2, 0.25) is 0 Å². The molecule has 0 saturated heterocycles. The molecule has 0 heterocycles. The summed E-state index contributed by atoms with van der Waals surface area (Å²) in [6.07, 6.45) is 4.10. The van der Waals surface area contributed by atoms with Crippen molar-refractivity contribution in [2.45, 2.75) is 62.6 Å². The summed E-state index contributed by atoms with van der Waals surface area (Å²) in [5.74, 6) is -0.167. The molecule has 2 amide bonds. The third kappa shape index (κ3) is 9.01. The van der Waals surface area contributed by atoms with E-state index in [0.29, 0.717) is 11.4 Å². The topological polar surface area (TPSA) is 105 Å². The minimum Gasteiger partial charge on any atom is -0.493 e. The lowest BCUT2D eigenvalue weighted by molar-refractivity contribution is -0.140. The van der Waals surface area contributed by atoms with Gasteiger partial charge in [0.05, 0.1) is 24.8 Å². The minimum atomic E-state index is -4.31. The van der Waals surface area contributed by atoms with Gasteiger partial charge in [-0.2, -0.15) is 0 Å². The number of amides is 2. The Morgan fingerprint density at radius 3 is 2.14 bits per heavy atom. The normalized spacial score (nSPS) is 13.8. The quantitative estimate of drug-likeness (QED) is 0.155. The maximum Gasteiger partial charge on any atom is 0.264 e. The van der Waals surface area contributed by atoms with Gasteiger partial charge in [0, 0.05) is 29.5 Å². The highest BCUT2D eigenvalue weighted by atomic mass is 79.9. The highest BCUT2D eigenvalue weighted by molar-refractivity contribution is 9.10. The van der Waals surface area contributed by atoms with E-state index in [0.717, 1.165) is 51.2 Å². The number of methoxy groups -OCH3 is 2. The van der Waals surface area contributed by atoms with Crippen LogP contribution in [0.4, 0.5) is 5.69 Å². The van der Waals surface area contributed by atoms with Crippen molar-refractivity contribution in [3.05, 3.63) is 118 Å². The van der Waals surface area contributed by atoms with Gasteiger partial charge in [-0.1, -0.05) is 88.9 Å². The first-order valence-corrected chi connectivity index (χ1v) is 18.5. The van der Waals surface area contributed by atoms with Gasteiger partial charge in [-0.3, -0.25) is 13.9 Å². The fraction of sp³-hybridized carbons (Fsp3) is 0.316. The third-order valence-corrected chi connectivity index (χ3v) is 11.1. The summed E-state index contributed by atoms with van der Waals surface area (Å²) in [6, 6.07) is 27.5. The van der Waals surface area contributed by atoms with Crippen LogP contribution in [-0.2, 0) is 32.6 Å². The summed E-state index contributed by atoms with van der Waals surface area (Å²) in [5, 5.41) is 3.20. The first-order chi connectivity index (χ1) is 23.6. The number of benzene rings is 4. The van der Waals surface area contributed by atoms with Gasteiger partial charge in [0.25, 0.3) is 10.0 Å². The van der Waals surface area contributed by atoms with Crippen LogP contribution in [-0.4, -0.2) is 58.0 Å². The van der Waals surface area contributed by atoms with Crippen LogP contribution in [0.5, 0.6) is 11.5 Å². The van der Waals surface area contributed by atoms with Gasteiger partial charge in [-0.05, 0) is 67.3 Å². The van der Waals surface area contributed by atoms with Crippen molar-refractivity contribution in [1.29, 1.82) is 0 Å². The monoisotopic (exact) mass is 747 g/mol. The van der Waals surface area contributed by atoms with Crippen LogP contribution in [0.3, 0.4) is 0 Å². The average Bonchev–Trinajstić information content (AvgIpc) is 3.63. The minimum absolute atomic E-state index is 0.0323. The lowest BCUT2D eigenvalue weighted by atomic mass is 10.0. The molecule has 0 aromatic heterocycles. The Bertz CT molecular complexity index is 1830. The number of nitrogens with one attached hydrogen (secondary N) is 1. The van der Waals surface area contributed by atoms with Crippen LogP contribution in [0.15, 0.2) is 106 Å². The zero-order chi connectivity index (χ0) is 35.0. The molecule has 1 saturated carbocycles. The van der Waals surface area contributed by atoms with E-state index in [2.05, 4.69) is 21.2 Å². The molecule has 4 aromatic carbocycles. The molecule has 1 unspecified atom stereocenters. The van der Waals surface area contributed by atoms with Crippen LogP contribution >= 0.6 is 15.9 Å². The van der Waals surface area contributed by atoms with E-state index in [1.807, 2.05) is 61.5 Å². The van der Waals surface area contributed by atoms with Crippen molar-refractivity contribution in [3.63, 3.8) is 0 Å². The molecule has 1 fully saturated rings. The number of nitrogens with zero attached hydrogens (tertiary/aromatic N) is 2. The number of carbonyl (C=O) groups excluding carboxylic acids is 2. The Hall–Kier alpha value is -4.35. The molecular formula is C38H42BrN3O6S. The predicted octanol–water partition coefficient (Wildman–Crippen LogP) is 6.67. The van der Waals surface area contributed by atoms with Crippen LogP contribution in [0.25, 0.3) is 0 Å². The maximum atomic E-state index is 14.7. The number of halogens is 1. The molecule has 5 rings (SSSR count). The molecule has 0 aliphatic heterocycles. The molecule has 258 valence electrons. The van der Waals surface area contributed by atoms with E-state index in [4.69, 9.17) is 9.47 Å². The van der Waals surface area contributed by atoms with E-state index in [1.165, 1.54) is 37.3 Å². The Morgan fingerprint density at radius 1 is 0.857 bits per heavy atom. The lowest BCUT2D eigenvalue weighted by Gasteiger charge is -2.34. The molecule has 1 N–H and O–H groups in total. The van der Waals surface area contributed by atoms with Crippen LogP contribution in [0.1, 0.15) is 42.4 Å². The van der Waals surface area contributed by atoms with E-state index in [-0.39, 0.29) is 35.6 Å². The molecule has 1 aliphatic rings. The SMILES string of the molecule is COc1ccc(S(=O)(=O)N(CC(=O)N(Cc2ccc(Br)cc2)C(Cc2ccccc2)C(=O)NC2CCCC2)c2ccc(C)cc2)cc1OC. The number of ether oxygens (including phenoxy) is 2. The number of hydrogen-bond acceptors (Lipinski definition) is 6. The van der Waals surface area contributed by atoms with Crippen LogP contribution in [0, 0.1) is 6.92 Å². The number of sulfonamides is 1. The molecule has 0 radical (unpaired) electrons. The summed E-state index contributed by atoms with van der Waals surface area (Å²) in [5.41, 5.74) is 2.93. The Morgan fingerprint density at radius 2 is 1.51 bits per heavy atom. The van der Waals surface area contributed by atoms with Gasteiger partial charge in [0.1, 0.15) is 12.6 Å². The van der Waals surface area contributed by atoms with Crippen molar-refractivity contribution in [1.82, 2.24) is 10.2 Å². The van der Waals surface area contributed by atoms with E-state index in [9.17, 15) is 18.0 Å². The van der Waals surface area contributed by atoms with E-state index >= 15 is 0 Å². The second-order valence-electron chi connectivity index (χ2n) is 12.2. The van der Waals surface area contributed by atoms with Crippen molar-refractivity contribution < 1.29 is 27.5 Å². The molecule has 1 aliphatic carbocycles. The first kappa shape index (κ1) is 35.9. The Balaban J connectivity index is 1.57. The number of anilines is 1. The smallest absolute Gasteiger partial charge is 0.264 e. The first-order valence-electron chi connectivity index (χ1n) is 16.3. The zero-order valence-electron chi connectivity index (χ0n) is 28.0. The molecule has 1 atom stereocenters. The molecule has 4 aromatic rings. The van der Waals surface area contributed by atoms with Crippen LogP contribution < -0.4 is 19.1 Å². The summed E-state index contributed by atoms with van der Waals surface area (Å²) in [7, 11) is -1.41. The van der Waals surface area contributed by atoms with E-state index in [1.54, 1.807) is 24.3 Å². The third-order valence-electron chi connectivity index (χ3n) is 8.78. The standard InChI is InChI=1S/C38H42BrN3O6S/c1-27-13-19-32(20-14-27)42(49(45,46)33-21-22-35(47-2)36(24-33)48-3)26-37(43)41(25-29-15-17-30(39)18-16-29)34(23-28-9-5-4-6-10-28)38(44)40-31-11-7-8-12-31/h4-6,9-10,13-22,24,31,34H,7-8,11-12,23,25-26H2,1-3H3,(H,40,44). The zero-order valence-corrected chi connectivity index (χ0v) is 30.4. The van der Waals surface area contributed by atoms with Crippen molar-refractivity contribution >= 4 is 43.5 Å². The largest absolute Gasteiger partial charge is 0.493 e. The number of aryl methyl sites for hydroxylation is 1. The van der Waals surface area contributed by atoms with Crippen molar-refractivity contribution in [2.75, 3.05) is 25.1 Å². The van der Waals surface area contributed by atoms with Gasteiger partial charge in [0.2, 0.25) is 11.8 Å². The summed E-state index contributed by atoms with van der Waals surface area (Å²) >= 11 is 3.48. The van der Waals surface area contributed by atoms with Gasteiger partial charge in [-0.25, -0.2) is 8.42 Å². The molecule has 11 heteroatoms. The fourth-order valence-corrected chi connectivity index (χ4v) is 7.75. The number of hydrogen-bond donors (Lipinski definition) is 1. The highest BCUT2D eigenvalue weighted by Crippen LogP contribution is 2.33. The van der Waals surface area contributed by atoms with Crippen molar-refractivity contribution in [2.24, 2.45) is 0 Å². The highest BCUT2D eigenvalue weighted by Gasteiger charge is 2.36. The second kappa shape index (κ2) is 16.4. The van der Waals surface area contributed by atoms with Crippen molar-refractivity contribution in [3.8, 4) is 11.5 Å². The summed E-state index contributed by atoms with van der Waals surface area (Å²) in [4.78, 5) is 30.3. The maximum absolute atomic E-state index is 14.7. The predicted molar refractivity (Wildman–Crippen MR) is 194 cm³/mol. The molecule has 0 spiro atoms. The summed E-state index contributed by atoms with van der Waals surface area (Å²) in [6.45, 7) is 1.46. The number of carbonyl (C=O) groups is 2. The Labute approximate surface area is 297 Å². The lowest BCUT2D eigenvalue weighted by Crippen LogP contribution is -2.54. The molecular weight excluding hydrogens is 706 g/mol. The summed E-state index contributed by atoms with van der Waals surface area (Å²) < 4.78 is 41.6. The Kier molecular flexibility index (Phi) is 12.0. The fourth-order valence-electron chi connectivity index (χ4n) is 6.05. The van der Waals surface area contributed by atoms with Gasteiger partial charge in [-0.15, -0.1) is 0 Å². The average molecular weight is 749 g/mol. The van der Waals surface area contributed by atoms with E-state index < -0.39 is 28.5 Å². The van der Waals surface area contributed by atoms with Gasteiger partial charge < -0.3 is 19.7 Å². The molecule has 0 bridgehead atoms. The second-order valence-corrected chi connectivity index (χ2v) is 15.0.